The van der Waals surface area contributed by atoms with Gasteiger partial charge in [0, 0.05) is 25.7 Å². The van der Waals surface area contributed by atoms with Crippen molar-refractivity contribution in [3.63, 3.8) is 0 Å². The fourth-order valence-electron chi connectivity index (χ4n) is 3.23. The van der Waals surface area contributed by atoms with Crippen LogP contribution in [0.1, 0.15) is 10.8 Å². The molecule has 1 atom stereocenters. The number of amides is 1. The van der Waals surface area contributed by atoms with E-state index in [-0.39, 0.29) is 11.6 Å². The van der Waals surface area contributed by atoms with Crippen molar-refractivity contribution in [1.29, 1.82) is 0 Å². The molecule has 1 unspecified atom stereocenters. The summed E-state index contributed by atoms with van der Waals surface area (Å²) in [6.07, 6.45) is 0. The van der Waals surface area contributed by atoms with Crippen molar-refractivity contribution in [2.75, 3.05) is 14.1 Å². The summed E-state index contributed by atoms with van der Waals surface area (Å²) in [4.78, 5) is 14.5. The number of nitrogens with zero attached hydrogens (tertiary/aromatic N) is 4. The molecule has 3 aromatic carbocycles. The Balaban J connectivity index is 1.86. The molecule has 32 heavy (non-hydrogen) atoms. The second-order valence-corrected chi connectivity index (χ2v) is 8.32. The van der Waals surface area contributed by atoms with Crippen LogP contribution in [-0.2, 0) is 4.79 Å². The second kappa shape index (κ2) is 9.32. The average molecular weight is 451 g/mol. The van der Waals surface area contributed by atoms with Crippen LogP contribution in [0.3, 0.4) is 0 Å². The van der Waals surface area contributed by atoms with E-state index < -0.39 is 16.9 Å². The van der Waals surface area contributed by atoms with Crippen LogP contribution < -0.4 is 0 Å². The van der Waals surface area contributed by atoms with Crippen LogP contribution in [0, 0.1) is 11.6 Å². The summed E-state index contributed by atoms with van der Waals surface area (Å²) in [5.41, 5.74) is 1.60. The van der Waals surface area contributed by atoms with E-state index in [0.717, 1.165) is 11.6 Å². The summed E-state index contributed by atoms with van der Waals surface area (Å²) >= 11 is 1.17. The minimum atomic E-state index is -0.751. The minimum absolute atomic E-state index is 0.0990. The molecule has 1 heterocycles. The van der Waals surface area contributed by atoms with Crippen LogP contribution in [0.15, 0.2) is 84.0 Å². The molecule has 4 rings (SSSR count). The van der Waals surface area contributed by atoms with Gasteiger partial charge in [-0.1, -0.05) is 72.4 Å². The first-order chi connectivity index (χ1) is 15.5. The quantitative estimate of drug-likeness (QED) is 0.382. The standard InChI is InChI=1S/C24H20F2N4OS/c1-29(2)23(31)21(16-9-5-3-6-10-16)32-24-28-27-22(17-11-7-4-8-12-17)30(24)20-14-13-18(25)15-19(20)26/h3-15,21H,1-2H3. The predicted molar refractivity (Wildman–Crippen MR) is 120 cm³/mol. The summed E-state index contributed by atoms with van der Waals surface area (Å²) in [5, 5.41) is 8.26. The van der Waals surface area contributed by atoms with Crippen molar-refractivity contribution in [3.05, 3.63) is 96.1 Å². The van der Waals surface area contributed by atoms with E-state index in [1.54, 1.807) is 14.1 Å². The lowest BCUT2D eigenvalue weighted by Gasteiger charge is -2.20. The third kappa shape index (κ3) is 4.40. The van der Waals surface area contributed by atoms with Gasteiger partial charge < -0.3 is 4.90 Å². The Morgan fingerprint density at radius 3 is 2.22 bits per heavy atom. The SMILES string of the molecule is CN(C)C(=O)C(Sc1nnc(-c2ccccc2)n1-c1ccc(F)cc1F)c1ccccc1. The van der Waals surface area contributed by atoms with E-state index in [2.05, 4.69) is 10.2 Å². The van der Waals surface area contributed by atoms with Crippen molar-refractivity contribution in [2.24, 2.45) is 0 Å². The topological polar surface area (TPSA) is 51.0 Å². The number of aromatic nitrogens is 3. The number of carbonyl (C=O) groups is 1. The van der Waals surface area contributed by atoms with Gasteiger partial charge in [0.1, 0.15) is 16.9 Å². The normalized spacial score (nSPS) is 11.9. The molecule has 0 aliphatic carbocycles. The number of hydrogen-bond donors (Lipinski definition) is 0. The lowest BCUT2D eigenvalue weighted by atomic mass is 10.1. The van der Waals surface area contributed by atoms with Crippen molar-refractivity contribution in [2.45, 2.75) is 10.4 Å². The van der Waals surface area contributed by atoms with Gasteiger partial charge in [-0.25, -0.2) is 8.78 Å². The zero-order chi connectivity index (χ0) is 22.7. The van der Waals surface area contributed by atoms with Crippen LogP contribution in [0.25, 0.3) is 17.1 Å². The molecule has 162 valence electrons. The van der Waals surface area contributed by atoms with Gasteiger partial charge in [-0.2, -0.15) is 0 Å². The highest BCUT2D eigenvalue weighted by molar-refractivity contribution is 8.00. The monoisotopic (exact) mass is 450 g/mol. The third-order valence-corrected chi connectivity index (χ3v) is 5.99. The first-order valence-corrected chi connectivity index (χ1v) is 10.7. The number of benzene rings is 3. The number of likely N-dealkylation sites (N-methyl/N-ethyl adjacent to an activating group) is 1. The number of carbonyl (C=O) groups excluding carboxylic acids is 1. The van der Waals surface area contributed by atoms with E-state index >= 15 is 0 Å². The van der Waals surface area contributed by atoms with Crippen molar-refractivity contribution in [1.82, 2.24) is 19.7 Å². The molecule has 1 amide bonds. The summed E-state index contributed by atoms with van der Waals surface area (Å²) < 4.78 is 30.0. The second-order valence-electron chi connectivity index (χ2n) is 7.24. The van der Waals surface area contributed by atoms with Crippen molar-refractivity contribution < 1.29 is 13.6 Å². The summed E-state index contributed by atoms with van der Waals surface area (Å²) in [6, 6.07) is 21.8. The Hall–Kier alpha value is -3.52. The largest absolute Gasteiger partial charge is 0.348 e. The maximum absolute atomic E-state index is 14.8. The van der Waals surface area contributed by atoms with Gasteiger partial charge >= 0.3 is 0 Å². The molecule has 1 aromatic heterocycles. The molecule has 0 saturated heterocycles. The van der Waals surface area contributed by atoms with Gasteiger partial charge in [-0.3, -0.25) is 9.36 Å². The summed E-state index contributed by atoms with van der Waals surface area (Å²) in [5.74, 6) is -1.18. The molecule has 0 N–H and O–H groups in total. The van der Waals surface area contributed by atoms with Gasteiger partial charge in [-0.05, 0) is 17.7 Å². The van der Waals surface area contributed by atoms with Crippen LogP contribution in [0.5, 0.6) is 0 Å². The maximum Gasteiger partial charge on any atom is 0.240 e. The average Bonchev–Trinajstić information content (AvgIpc) is 3.21. The lowest BCUT2D eigenvalue weighted by molar-refractivity contribution is -0.128. The van der Waals surface area contributed by atoms with Gasteiger partial charge in [-0.15, -0.1) is 10.2 Å². The van der Waals surface area contributed by atoms with Gasteiger partial charge in [0.15, 0.2) is 11.0 Å². The molecular formula is C24H20F2N4OS. The Bertz CT molecular complexity index is 1230. The minimum Gasteiger partial charge on any atom is -0.348 e. The Kier molecular flexibility index (Phi) is 6.32. The van der Waals surface area contributed by atoms with E-state index in [1.165, 1.54) is 33.4 Å². The van der Waals surface area contributed by atoms with Crippen LogP contribution in [-0.4, -0.2) is 39.7 Å². The zero-order valence-corrected chi connectivity index (χ0v) is 18.3. The number of thioether (sulfide) groups is 1. The first kappa shape index (κ1) is 21.7. The van der Waals surface area contributed by atoms with E-state index in [1.807, 2.05) is 60.7 Å². The molecular weight excluding hydrogens is 430 g/mol. The van der Waals surface area contributed by atoms with E-state index in [4.69, 9.17) is 0 Å². The molecule has 5 nitrogen and oxygen atoms in total. The Morgan fingerprint density at radius 1 is 0.938 bits per heavy atom. The number of rotatable bonds is 6. The third-order valence-electron chi connectivity index (χ3n) is 4.81. The number of hydrogen-bond acceptors (Lipinski definition) is 4. The smallest absolute Gasteiger partial charge is 0.240 e. The van der Waals surface area contributed by atoms with Crippen LogP contribution in [0.2, 0.25) is 0 Å². The predicted octanol–water partition coefficient (Wildman–Crippen LogP) is 5.13. The summed E-state index contributed by atoms with van der Waals surface area (Å²) in [6.45, 7) is 0. The lowest BCUT2D eigenvalue weighted by Crippen LogP contribution is -2.27. The van der Waals surface area contributed by atoms with Crippen molar-refractivity contribution in [3.8, 4) is 17.1 Å². The fraction of sp³-hybridized carbons (Fsp3) is 0.125. The molecule has 0 fully saturated rings. The molecule has 0 aliphatic rings. The highest BCUT2D eigenvalue weighted by atomic mass is 32.2. The van der Waals surface area contributed by atoms with E-state index in [9.17, 15) is 13.6 Å². The maximum atomic E-state index is 14.8. The molecule has 0 aliphatic heterocycles. The van der Waals surface area contributed by atoms with Crippen LogP contribution >= 0.6 is 11.8 Å². The molecule has 0 radical (unpaired) electrons. The molecule has 0 bridgehead atoms. The molecule has 0 saturated carbocycles. The van der Waals surface area contributed by atoms with Gasteiger partial charge in [0.05, 0.1) is 5.69 Å². The molecule has 8 heteroatoms. The Morgan fingerprint density at radius 2 is 1.59 bits per heavy atom. The van der Waals surface area contributed by atoms with Crippen LogP contribution in [0.4, 0.5) is 8.78 Å². The van der Waals surface area contributed by atoms with Crippen molar-refractivity contribution >= 4 is 17.7 Å². The molecule has 0 spiro atoms. The highest BCUT2D eigenvalue weighted by Crippen LogP contribution is 2.38. The highest BCUT2D eigenvalue weighted by Gasteiger charge is 2.28. The number of halogens is 2. The zero-order valence-electron chi connectivity index (χ0n) is 17.4. The van der Waals surface area contributed by atoms with E-state index in [0.29, 0.717) is 16.5 Å². The summed E-state index contributed by atoms with van der Waals surface area (Å²) in [7, 11) is 3.36. The first-order valence-electron chi connectivity index (χ1n) is 9.84. The van der Waals surface area contributed by atoms with Gasteiger partial charge in [0.25, 0.3) is 0 Å². The van der Waals surface area contributed by atoms with Gasteiger partial charge in [0.2, 0.25) is 5.91 Å². The fourth-order valence-corrected chi connectivity index (χ4v) is 4.42. The molecule has 4 aromatic rings. The Labute approximate surface area is 188 Å².